The van der Waals surface area contributed by atoms with Crippen molar-refractivity contribution < 1.29 is 4.79 Å². The van der Waals surface area contributed by atoms with Crippen molar-refractivity contribution in [2.45, 2.75) is 25.8 Å². The molecule has 0 fully saturated rings. The SMILES string of the molecule is C[C@@H](NC(=O)CCc1cscn1)c1cccc(-n2cccn2)c1. The van der Waals surface area contributed by atoms with Crippen molar-refractivity contribution in [2.75, 3.05) is 0 Å². The van der Waals surface area contributed by atoms with E-state index in [1.807, 2.05) is 48.8 Å². The Hall–Kier alpha value is -2.47. The van der Waals surface area contributed by atoms with Crippen molar-refractivity contribution in [2.24, 2.45) is 0 Å². The maximum atomic E-state index is 12.1. The summed E-state index contributed by atoms with van der Waals surface area (Å²) in [6, 6.07) is 9.86. The summed E-state index contributed by atoms with van der Waals surface area (Å²) < 4.78 is 1.81. The van der Waals surface area contributed by atoms with Crippen LogP contribution in [0.1, 0.15) is 30.6 Å². The molecule has 1 amide bonds. The molecule has 5 nitrogen and oxygen atoms in total. The largest absolute Gasteiger partial charge is 0.350 e. The minimum atomic E-state index is -0.0477. The van der Waals surface area contributed by atoms with Gasteiger partial charge >= 0.3 is 0 Å². The highest BCUT2D eigenvalue weighted by Crippen LogP contribution is 2.17. The van der Waals surface area contributed by atoms with Crippen molar-refractivity contribution in [1.82, 2.24) is 20.1 Å². The molecule has 3 rings (SSSR count). The molecule has 0 unspecified atom stereocenters. The molecule has 0 aliphatic carbocycles. The Kier molecular flexibility index (Phi) is 4.83. The predicted octanol–water partition coefficient (Wildman–Crippen LogP) is 3.14. The monoisotopic (exact) mass is 326 g/mol. The van der Waals surface area contributed by atoms with Crippen LogP contribution in [-0.4, -0.2) is 20.7 Å². The van der Waals surface area contributed by atoms with Gasteiger partial charge in [-0.25, -0.2) is 9.67 Å². The lowest BCUT2D eigenvalue weighted by molar-refractivity contribution is -0.121. The highest BCUT2D eigenvalue weighted by atomic mass is 32.1. The second kappa shape index (κ2) is 7.19. The molecule has 0 saturated carbocycles. The lowest BCUT2D eigenvalue weighted by atomic mass is 10.1. The molecule has 1 aromatic carbocycles. The van der Waals surface area contributed by atoms with Gasteiger partial charge in [0.15, 0.2) is 0 Å². The molecule has 0 aliphatic rings. The highest BCUT2D eigenvalue weighted by Gasteiger charge is 2.11. The zero-order valence-corrected chi connectivity index (χ0v) is 13.7. The zero-order chi connectivity index (χ0) is 16.1. The molecule has 3 aromatic rings. The summed E-state index contributed by atoms with van der Waals surface area (Å²) >= 11 is 1.55. The Morgan fingerprint density at radius 2 is 2.30 bits per heavy atom. The standard InChI is InChI=1S/C17H18N4OS/c1-13(20-17(22)7-6-15-11-23-12-18-15)14-4-2-5-16(10-14)21-9-3-8-19-21/h2-5,8-13H,6-7H2,1H3,(H,20,22)/t13-/m1/s1. The molecule has 0 spiro atoms. The Balaban J connectivity index is 1.60. The third-order valence-electron chi connectivity index (χ3n) is 3.61. The quantitative estimate of drug-likeness (QED) is 0.757. The number of amides is 1. The van der Waals surface area contributed by atoms with Crippen LogP contribution in [0.25, 0.3) is 5.69 Å². The maximum absolute atomic E-state index is 12.1. The third kappa shape index (κ3) is 4.04. The molecule has 1 N–H and O–H groups in total. The number of rotatable bonds is 6. The van der Waals surface area contributed by atoms with Gasteiger partial charge in [-0.05, 0) is 37.1 Å². The van der Waals surface area contributed by atoms with Gasteiger partial charge in [0.05, 0.1) is 22.9 Å². The van der Waals surface area contributed by atoms with Crippen molar-refractivity contribution in [3.63, 3.8) is 0 Å². The van der Waals surface area contributed by atoms with Crippen molar-refractivity contribution in [1.29, 1.82) is 0 Å². The molecule has 2 aromatic heterocycles. The zero-order valence-electron chi connectivity index (χ0n) is 12.8. The molecule has 118 valence electrons. The summed E-state index contributed by atoms with van der Waals surface area (Å²) in [6.07, 6.45) is 4.77. The second-order valence-electron chi connectivity index (χ2n) is 5.31. The van der Waals surface area contributed by atoms with Crippen LogP contribution in [0.15, 0.2) is 53.6 Å². The number of benzene rings is 1. The first-order chi connectivity index (χ1) is 11.2. The molecular weight excluding hydrogens is 308 g/mol. The number of carbonyl (C=O) groups is 1. The van der Waals surface area contributed by atoms with Crippen LogP contribution in [0.4, 0.5) is 0 Å². The van der Waals surface area contributed by atoms with Gasteiger partial charge in [-0.3, -0.25) is 4.79 Å². The first-order valence-corrected chi connectivity index (χ1v) is 8.43. The van der Waals surface area contributed by atoms with Crippen LogP contribution in [0.3, 0.4) is 0 Å². The number of nitrogens with zero attached hydrogens (tertiary/aromatic N) is 3. The van der Waals surface area contributed by atoms with E-state index in [0.29, 0.717) is 12.8 Å². The van der Waals surface area contributed by atoms with Gasteiger partial charge in [0.1, 0.15) is 0 Å². The third-order valence-corrected chi connectivity index (χ3v) is 4.24. The maximum Gasteiger partial charge on any atom is 0.220 e. The molecule has 1 atom stereocenters. The molecule has 0 saturated heterocycles. The van der Waals surface area contributed by atoms with E-state index in [-0.39, 0.29) is 11.9 Å². The molecule has 2 heterocycles. The lowest BCUT2D eigenvalue weighted by Crippen LogP contribution is -2.26. The minimum Gasteiger partial charge on any atom is -0.350 e. The van der Waals surface area contributed by atoms with Crippen molar-refractivity contribution in [3.8, 4) is 5.69 Å². The Morgan fingerprint density at radius 3 is 3.04 bits per heavy atom. The number of carbonyl (C=O) groups excluding carboxylic acids is 1. The van der Waals surface area contributed by atoms with Gasteiger partial charge in [-0.15, -0.1) is 11.3 Å². The van der Waals surface area contributed by atoms with E-state index in [1.165, 1.54) is 0 Å². The van der Waals surface area contributed by atoms with Crippen LogP contribution >= 0.6 is 11.3 Å². The first kappa shape index (κ1) is 15.4. The molecule has 0 bridgehead atoms. The summed E-state index contributed by atoms with van der Waals surface area (Å²) in [4.78, 5) is 16.3. The van der Waals surface area contributed by atoms with E-state index in [0.717, 1.165) is 16.9 Å². The van der Waals surface area contributed by atoms with E-state index in [1.54, 1.807) is 27.7 Å². The fourth-order valence-electron chi connectivity index (χ4n) is 2.36. The summed E-state index contributed by atoms with van der Waals surface area (Å²) in [7, 11) is 0. The van der Waals surface area contributed by atoms with Gasteiger partial charge in [0.25, 0.3) is 0 Å². The van der Waals surface area contributed by atoms with Crippen molar-refractivity contribution in [3.05, 3.63) is 64.9 Å². The van der Waals surface area contributed by atoms with Gasteiger partial charge < -0.3 is 5.32 Å². The number of aromatic nitrogens is 3. The summed E-state index contributed by atoms with van der Waals surface area (Å²) in [5, 5.41) is 9.24. The Bertz CT molecular complexity index is 753. The molecule has 23 heavy (non-hydrogen) atoms. The molecule has 0 aliphatic heterocycles. The highest BCUT2D eigenvalue weighted by molar-refractivity contribution is 7.07. The van der Waals surface area contributed by atoms with E-state index >= 15 is 0 Å². The van der Waals surface area contributed by atoms with Crippen LogP contribution in [0.2, 0.25) is 0 Å². The Morgan fingerprint density at radius 1 is 1.39 bits per heavy atom. The summed E-state index contributed by atoms with van der Waals surface area (Å²) in [5.74, 6) is 0.0370. The average molecular weight is 326 g/mol. The van der Waals surface area contributed by atoms with Crippen molar-refractivity contribution >= 4 is 17.2 Å². The molecule has 6 heteroatoms. The lowest BCUT2D eigenvalue weighted by Gasteiger charge is -2.15. The van der Waals surface area contributed by atoms with Gasteiger partial charge in [-0.1, -0.05) is 12.1 Å². The fraction of sp³-hybridized carbons (Fsp3) is 0.235. The fourth-order valence-corrected chi connectivity index (χ4v) is 2.95. The van der Waals surface area contributed by atoms with E-state index < -0.39 is 0 Å². The van der Waals surface area contributed by atoms with Gasteiger partial charge in [0, 0.05) is 24.2 Å². The predicted molar refractivity (Wildman–Crippen MR) is 90.6 cm³/mol. The van der Waals surface area contributed by atoms with E-state index in [4.69, 9.17) is 0 Å². The Labute approximate surface area is 139 Å². The smallest absolute Gasteiger partial charge is 0.220 e. The first-order valence-electron chi connectivity index (χ1n) is 7.49. The molecule has 0 radical (unpaired) electrons. The van der Waals surface area contributed by atoms with E-state index in [9.17, 15) is 4.79 Å². The van der Waals surface area contributed by atoms with Crippen LogP contribution < -0.4 is 5.32 Å². The number of aryl methyl sites for hydroxylation is 1. The number of thiazole rings is 1. The minimum absolute atomic E-state index is 0.0370. The second-order valence-corrected chi connectivity index (χ2v) is 6.03. The van der Waals surface area contributed by atoms with E-state index in [2.05, 4.69) is 15.4 Å². The van der Waals surface area contributed by atoms with Crippen LogP contribution in [-0.2, 0) is 11.2 Å². The normalized spacial score (nSPS) is 12.0. The number of hydrogen-bond donors (Lipinski definition) is 1. The number of nitrogens with one attached hydrogen (secondary N) is 1. The van der Waals surface area contributed by atoms with Gasteiger partial charge in [-0.2, -0.15) is 5.10 Å². The topological polar surface area (TPSA) is 59.8 Å². The number of hydrogen-bond acceptors (Lipinski definition) is 4. The molecular formula is C17H18N4OS. The average Bonchev–Trinajstić information content (AvgIpc) is 3.26. The summed E-state index contributed by atoms with van der Waals surface area (Å²) in [6.45, 7) is 1.99. The summed E-state index contributed by atoms with van der Waals surface area (Å²) in [5.41, 5.74) is 4.80. The van der Waals surface area contributed by atoms with Gasteiger partial charge in [0.2, 0.25) is 5.91 Å². The van der Waals surface area contributed by atoms with Crippen LogP contribution in [0.5, 0.6) is 0 Å². The van der Waals surface area contributed by atoms with Crippen LogP contribution in [0, 0.1) is 0 Å².